The molecule has 36 heavy (non-hydrogen) atoms. The third kappa shape index (κ3) is 3.32. The molecule has 0 saturated heterocycles. The summed E-state index contributed by atoms with van der Waals surface area (Å²) in [4.78, 5) is 13.1. The molecule has 0 bridgehead atoms. The van der Waals surface area contributed by atoms with Crippen LogP contribution in [0.5, 0.6) is 28.7 Å². The predicted molar refractivity (Wildman–Crippen MR) is 134 cm³/mol. The largest absolute Gasteiger partial charge is 0.508 e. The maximum absolute atomic E-state index is 13.1. The van der Waals surface area contributed by atoms with E-state index in [1.165, 1.54) is 13.2 Å². The van der Waals surface area contributed by atoms with Gasteiger partial charge < -0.3 is 28.8 Å². The summed E-state index contributed by atoms with van der Waals surface area (Å²) in [6, 6.07) is 17.3. The van der Waals surface area contributed by atoms with Gasteiger partial charge in [-0.1, -0.05) is 48.6 Å². The molecule has 4 aromatic rings. The molecule has 3 aromatic carbocycles. The molecule has 0 spiro atoms. The molecule has 0 radical (unpaired) electrons. The van der Waals surface area contributed by atoms with E-state index in [-0.39, 0.29) is 28.2 Å². The number of methoxy groups -OCH3 is 1. The molecule has 0 fully saturated rings. The lowest BCUT2D eigenvalue weighted by molar-refractivity contribution is -0.0470. The van der Waals surface area contributed by atoms with Gasteiger partial charge in [0.05, 0.1) is 7.11 Å². The molecule has 7 nitrogen and oxygen atoms in total. The Hall–Kier alpha value is -4.65. The van der Waals surface area contributed by atoms with E-state index in [0.29, 0.717) is 17.1 Å². The number of phenolic OH excluding ortho intramolecular Hbond substituents is 2. The molecule has 0 saturated carbocycles. The summed E-state index contributed by atoms with van der Waals surface area (Å²) < 4.78 is 24.3. The third-order valence-electron chi connectivity index (χ3n) is 6.36. The molecule has 2 N–H and O–H groups in total. The van der Waals surface area contributed by atoms with Gasteiger partial charge in [0.2, 0.25) is 11.2 Å². The molecular formula is C29H22O7. The smallest absolute Gasteiger partial charge is 0.305 e. The lowest BCUT2D eigenvalue weighted by Crippen LogP contribution is -2.37. The summed E-state index contributed by atoms with van der Waals surface area (Å²) in [6.45, 7) is 0. The second-order valence-corrected chi connectivity index (χ2v) is 8.62. The van der Waals surface area contributed by atoms with Gasteiger partial charge in [0, 0.05) is 28.8 Å². The molecule has 0 amide bonds. The average molecular weight is 482 g/mol. The summed E-state index contributed by atoms with van der Waals surface area (Å²) in [5.74, 6) is -0.692. The number of phenols is 2. The molecule has 2 aliphatic rings. The molecule has 1 atom stereocenters. The van der Waals surface area contributed by atoms with Crippen molar-refractivity contribution in [2.75, 3.05) is 7.11 Å². The first-order chi connectivity index (χ1) is 17.5. The Labute approximate surface area is 206 Å². The molecule has 6 rings (SSSR count). The highest BCUT2D eigenvalue weighted by atomic mass is 16.7. The Balaban J connectivity index is 1.50. The molecule has 180 valence electrons. The van der Waals surface area contributed by atoms with E-state index in [2.05, 4.69) is 12.2 Å². The van der Waals surface area contributed by atoms with Crippen molar-refractivity contribution in [3.8, 4) is 40.1 Å². The number of hydrogen-bond acceptors (Lipinski definition) is 7. The minimum atomic E-state index is -1.15. The second-order valence-electron chi connectivity index (χ2n) is 8.62. The zero-order chi connectivity index (χ0) is 24.9. The minimum Gasteiger partial charge on any atom is -0.508 e. The van der Waals surface area contributed by atoms with Crippen molar-refractivity contribution < 1.29 is 28.8 Å². The maximum atomic E-state index is 13.1. The number of hydrogen-bond donors (Lipinski definition) is 2. The standard InChI is InChI=1S/C29H22O7/c1-33-28-26(32)25-21(31)15-20(30)16-24(25)34-27(28)17-12-13-22-23(14-17)36-29(35-22,18-8-4-2-5-9-18)19-10-6-3-7-11-19/h2,4-6,8-16,30-31H,3,7H2,1H3. The van der Waals surface area contributed by atoms with Crippen molar-refractivity contribution in [2.24, 2.45) is 0 Å². The molecule has 2 heterocycles. The zero-order valence-corrected chi connectivity index (χ0v) is 19.4. The van der Waals surface area contributed by atoms with Gasteiger partial charge in [-0.15, -0.1) is 0 Å². The second kappa shape index (κ2) is 8.23. The maximum Gasteiger partial charge on any atom is 0.305 e. The molecule has 1 aromatic heterocycles. The van der Waals surface area contributed by atoms with Crippen LogP contribution in [0, 0.1) is 0 Å². The van der Waals surface area contributed by atoms with Crippen molar-refractivity contribution in [3.63, 3.8) is 0 Å². The number of fused-ring (bicyclic) bond motifs is 2. The van der Waals surface area contributed by atoms with Crippen LogP contribution in [0.15, 0.2) is 93.7 Å². The molecular weight excluding hydrogens is 460 g/mol. The van der Waals surface area contributed by atoms with Crippen LogP contribution in [-0.4, -0.2) is 17.3 Å². The molecule has 7 heteroatoms. The third-order valence-corrected chi connectivity index (χ3v) is 6.36. The topological polar surface area (TPSA) is 98.4 Å². The molecule has 1 unspecified atom stereocenters. The number of rotatable bonds is 4. The quantitative estimate of drug-likeness (QED) is 0.380. The zero-order valence-electron chi connectivity index (χ0n) is 19.4. The number of benzene rings is 3. The molecule has 1 aliphatic heterocycles. The summed E-state index contributed by atoms with van der Waals surface area (Å²) in [7, 11) is 1.36. The first-order valence-electron chi connectivity index (χ1n) is 11.5. The number of ether oxygens (including phenoxy) is 3. The SMILES string of the molecule is COc1c(-c2ccc3c(c2)OC(C2=CCCC=C2)(c2ccccc2)O3)oc2cc(O)cc(O)c2c1=O. The lowest BCUT2D eigenvalue weighted by Gasteiger charge is -2.30. The van der Waals surface area contributed by atoms with E-state index in [0.717, 1.165) is 30.0 Å². The van der Waals surface area contributed by atoms with Gasteiger partial charge in [0.1, 0.15) is 22.5 Å². The van der Waals surface area contributed by atoms with E-state index in [4.69, 9.17) is 18.6 Å². The van der Waals surface area contributed by atoms with Crippen molar-refractivity contribution in [3.05, 3.63) is 100 Å². The summed E-state index contributed by atoms with van der Waals surface area (Å²) >= 11 is 0. The number of aromatic hydroxyl groups is 2. The molecule has 1 aliphatic carbocycles. The normalized spacial score (nSPS) is 18.3. The van der Waals surface area contributed by atoms with E-state index >= 15 is 0 Å². The van der Waals surface area contributed by atoms with Crippen LogP contribution in [0.4, 0.5) is 0 Å². The highest BCUT2D eigenvalue weighted by Crippen LogP contribution is 2.50. The highest BCUT2D eigenvalue weighted by molar-refractivity contribution is 5.88. The van der Waals surface area contributed by atoms with Gasteiger partial charge in [-0.05, 0) is 31.0 Å². The van der Waals surface area contributed by atoms with Gasteiger partial charge in [0.15, 0.2) is 17.3 Å². The fourth-order valence-electron chi connectivity index (χ4n) is 4.71. The fourth-order valence-corrected chi connectivity index (χ4v) is 4.71. The van der Waals surface area contributed by atoms with Crippen molar-refractivity contribution >= 4 is 11.0 Å². The van der Waals surface area contributed by atoms with E-state index in [1.807, 2.05) is 36.4 Å². The van der Waals surface area contributed by atoms with Crippen LogP contribution in [0.2, 0.25) is 0 Å². The van der Waals surface area contributed by atoms with Gasteiger partial charge in [0.25, 0.3) is 0 Å². The van der Waals surface area contributed by atoms with Gasteiger partial charge in [-0.3, -0.25) is 4.79 Å². The highest BCUT2D eigenvalue weighted by Gasteiger charge is 2.46. The Kier molecular flexibility index (Phi) is 5.00. The van der Waals surface area contributed by atoms with Gasteiger partial charge >= 0.3 is 5.79 Å². The Morgan fingerprint density at radius 1 is 0.944 bits per heavy atom. The minimum absolute atomic E-state index is 0.0297. The van der Waals surface area contributed by atoms with Crippen LogP contribution in [0.3, 0.4) is 0 Å². The van der Waals surface area contributed by atoms with Crippen LogP contribution in [-0.2, 0) is 5.79 Å². The van der Waals surface area contributed by atoms with Crippen molar-refractivity contribution in [2.45, 2.75) is 18.6 Å². The monoisotopic (exact) mass is 482 g/mol. The first kappa shape index (κ1) is 21.9. The summed E-state index contributed by atoms with van der Waals surface area (Å²) in [5.41, 5.74) is 1.73. The van der Waals surface area contributed by atoms with Crippen LogP contribution < -0.4 is 19.6 Å². The summed E-state index contributed by atoms with van der Waals surface area (Å²) in [5, 5.41) is 20.0. The Morgan fingerprint density at radius 3 is 2.50 bits per heavy atom. The van der Waals surface area contributed by atoms with Crippen molar-refractivity contribution in [1.82, 2.24) is 0 Å². The lowest BCUT2D eigenvalue weighted by atomic mass is 9.93. The van der Waals surface area contributed by atoms with Crippen LogP contribution in [0.25, 0.3) is 22.3 Å². The van der Waals surface area contributed by atoms with Gasteiger partial charge in [-0.2, -0.15) is 0 Å². The number of allylic oxidation sites excluding steroid dienone is 2. The van der Waals surface area contributed by atoms with Crippen LogP contribution >= 0.6 is 0 Å². The van der Waals surface area contributed by atoms with Crippen molar-refractivity contribution in [1.29, 1.82) is 0 Å². The van der Waals surface area contributed by atoms with E-state index in [9.17, 15) is 15.0 Å². The summed E-state index contributed by atoms with van der Waals surface area (Å²) in [6.07, 6.45) is 8.07. The Bertz CT molecular complexity index is 1610. The fraction of sp³-hybridized carbons (Fsp3) is 0.138. The van der Waals surface area contributed by atoms with Gasteiger partial charge in [-0.25, -0.2) is 0 Å². The van der Waals surface area contributed by atoms with E-state index in [1.54, 1.807) is 18.2 Å². The first-order valence-corrected chi connectivity index (χ1v) is 11.5. The predicted octanol–water partition coefficient (Wildman–Crippen LogP) is 5.78. The van der Waals surface area contributed by atoms with E-state index < -0.39 is 17.0 Å². The Morgan fingerprint density at radius 2 is 1.75 bits per heavy atom. The average Bonchev–Trinajstić information content (AvgIpc) is 3.29. The van der Waals surface area contributed by atoms with Crippen LogP contribution in [0.1, 0.15) is 18.4 Å².